The number of aromatic nitrogens is 2. The highest BCUT2D eigenvalue weighted by atomic mass is 16.5. The third-order valence-electron chi connectivity index (χ3n) is 4.61. The van der Waals surface area contributed by atoms with Gasteiger partial charge in [-0.1, -0.05) is 36.4 Å². The largest absolute Gasteiger partial charge is 0.370 e. The van der Waals surface area contributed by atoms with Crippen LogP contribution in [0.3, 0.4) is 0 Å². The summed E-state index contributed by atoms with van der Waals surface area (Å²) in [5.41, 5.74) is 2.23. The van der Waals surface area contributed by atoms with Crippen molar-refractivity contribution in [3.63, 3.8) is 0 Å². The highest BCUT2D eigenvalue weighted by Crippen LogP contribution is 2.22. The fourth-order valence-electron chi connectivity index (χ4n) is 3.20. The Hall–Kier alpha value is -2.99. The van der Waals surface area contributed by atoms with E-state index in [1.165, 1.54) is 10.6 Å². The van der Waals surface area contributed by atoms with Gasteiger partial charge in [0.15, 0.2) is 0 Å². The third-order valence-corrected chi connectivity index (χ3v) is 4.61. The van der Waals surface area contributed by atoms with Gasteiger partial charge < -0.3 is 9.64 Å². The molecule has 1 aliphatic rings. The molecule has 132 valence electrons. The normalized spacial score (nSPS) is 17.4. The van der Waals surface area contributed by atoms with Gasteiger partial charge in [-0.05, 0) is 24.1 Å². The second-order valence-electron chi connectivity index (χ2n) is 6.43. The number of morpholine rings is 1. The van der Waals surface area contributed by atoms with Crippen molar-refractivity contribution in [1.82, 2.24) is 14.3 Å². The zero-order valence-electron chi connectivity index (χ0n) is 14.5. The van der Waals surface area contributed by atoms with Gasteiger partial charge >= 0.3 is 0 Å². The molecule has 26 heavy (non-hydrogen) atoms. The van der Waals surface area contributed by atoms with Gasteiger partial charge in [-0.3, -0.25) is 14.0 Å². The van der Waals surface area contributed by atoms with E-state index in [0.717, 1.165) is 11.1 Å². The number of hydrogen-bond acceptors (Lipinski definition) is 4. The predicted octanol–water partition coefficient (Wildman–Crippen LogP) is 2.22. The molecule has 4 rings (SSSR count). The molecule has 0 bridgehead atoms. The monoisotopic (exact) mass is 349 g/mol. The van der Waals surface area contributed by atoms with Crippen molar-refractivity contribution >= 4 is 11.6 Å². The molecule has 0 saturated carbocycles. The summed E-state index contributed by atoms with van der Waals surface area (Å²) in [4.78, 5) is 31.6. The molecule has 0 spiro atoms. The predicted molar refractivity (Wildman–Crippen MR) is 97.2 cm³/mol. The zero-order valence-corrected chi connectivity index (χ0v) is 14.5. The lowest BCUT2D eigenvalue weighted by Gasteiger charge is -2.33. The van der Waals surface area contributed by atoms with Crippen molar-refractivity contribution in [3.05, 3.63) is 81.9 Å². The number of carbonyl (C=O) groups excluding carboxylic acids is 1. The molecule has 1 aromatic carbocycles. The Morgan fingerprint density at radius 2 is 2.00 bits per heavy atom. The van der Waals surface area contributed by atoms with Gasteiger partial charge in [0.05, 0.1) is 13.2 Å². The maximum atomic E-state index is 12.9. The van der Waals surface area contributed by atoms with Crippen LogP contribution in [-0.2, 0) is 4.74 Å². The van der Waals surface area contributed by atoms with Crippen molar-refractivity contribution in [2.24, 2.45) is 0 Å². The first-order valence-corrected chi connectivity index (χ1v) is 8.57. The second kappa shape index (κ2) is 6.72. The average Bonchev–Trinajstić information content (AvgIpc) is 2.69. The molecule has 2 aromatic heterocycles. The third kappa shape index (κ3) is 2.99. The molecule has 0 radical (unpaired) electrons. The van der Waals surface area contributed by atoms with Crippen LogP contribution in [-0.4, -0.2) is 39.9 Å². The van der Waals surface area contributed by atoms with Crippen LogP contribution in [0.2, 0.25) is 0 Å². The molecule has 3 heterocycles. The molecule has 1 aliphatic heterocycles. The van der Waals surface area contributed by atoms with Gasteiger partial charge in [-0.2, -0.15) is 0 Å². The Labute approximate surface area is 150 Å². The smallest absolute Gasteiger partial charge is 0.270 e. The van der Waals surface area contributed by atoms with E-state index in [4.69, 9.17) is 4.74 Å². The summed E-state index contributed by atoms with van der Waals surface area (Å²) < 4.78 is 7.23. The van der Waals surface area contributed by atoms with Crippen LogP contribution in [0.4, 0.5) is 0 Å². The highest BCUT2D eigenvalue weighted by molar-refractivity contribution is 5.93. The van der Waals surface area contributed by atoms with Crippen molar-refractivity contribution in [2.75, 3.05) is 19.7 Å². The second-order valence-corrected chi connectivity index (χ2v) is 6.43. The van der Waals surface area contributed by atoms with E-state index in [-0.39, 0.29) is 23.1 Å². The van der Waals surface area contributed by atoms with E-state index in [1.807, 2.05) is 43.3 Å². The molecule has 6 nitrogen and oxygen atoms in total. The lowest BCUT2D eigenvalue weighted by Crippen LogP contribution is -2.44. The maximum absolute atomic E-state index is 12.9. The van der Waals surface area contributed by atoms with Gasteiger partial charge in [0, 0.05) is 18.9 Å². The molecule has 0 aliphatic carbocycles. The SMILES string of the molecule is Cc1ccc2ncc(C(=O)N3CCOC(c4ccccc4)C3)c(=O)n2c1. The minimum Gasteiger partial charge on any atom is -0.370 e. The molecule has 1 unspecified atom stereocenters. The van der Waals surface area contributed by atoms with Crippen LogP contribution < -0.4 is 5.56 Å². The summed E-state index contributed by atoms with van der Waals surface area (Å²) >= 11 is 0. The van der Waals surface area contributed by atoms with Gasteiger partial charge in [0.25, 0.3) is 11.5 Å². The molecule has 6 heteroatoms. The Morgan fingerprint density at radius 3 is 2.81 bits per heavy atom. The van der Waals surface area contributed by atoms with E-state index in [0.29, 0.717) is 25.3 Å². The molecular weight excluding hydrogens is 330 g/mol. The molecule has 3 aromatic rings. The van der Waals surface area contributed by atoms with Crippen LogP contribution >= 0.6 is 0 Å². The molecule has 0 N–H and O–H groups in total. The Balaban J connectivity index is 1.64. The molecular formula is C20H19N3O3. The maximum Gasteiger partial charge on any atom is 0.270 e. The van der Waals surface area contributed by atoms with Gasteiger partial charge in [-0.25, -0.2) is 4.98 Å². The summed E-state index contributed by atoms with van der Waals surface area (Å²) in [6.07, 6.45) is 2.89. The number of carbonyl (C=O) groups is 1. The first-order valence-electron chi connectivity index (χ1n) is 8.57. The van der Waals surface area contributed by atoms with Gasteiger partial charge in [-0.15, -0.1) is 0 Å². The van der Waals surface area contributed by atoms with E-state index in [9.17, 15) is 9.59 Å². The van der Waals surface area contributed by atoms with E-state index in [1.54, 1.807) is 17.2 Å². The number of fused-ring (bicyclic) bond motifs is 1. The zero-order chi connectivity index (χ0) is 18.1. The van der Waals surface area contributed by atoms with E-state index in [2.05, 4.69) is 4.98 Å². The fraction of sp³-hybridized carbons (Fsp3) is 0.250. The van der Waals surface area contributed by atoms with Crippen LogP contribution in [0.15, 0.2) is 59.7 Å². The average molecular weight is 349 g/mol. The standard InChI is InChI=1S/C20H19N3O3/c1-14-7-8-18-21-11-16(20(25)23(18)12-14)19(24)22-9-10-26-17(13-22)15-5-3-2-4-6-15/h2-8,11-12,17H,9-10,13H2,1H3. The van der Waals surface area contributed by atoms with E-state index >= 15 is 0 Å². The number of aryl methyl sites for hydroxylation is 1. The number of benzene rings is 1. The summed E-state index contributed by atoms with van der Waals surface area (Å²) in [6.45, 7) is 3.20. The van der Waals surface area contributed by atoms with Crippen molar-refractivity contribution in [3.8, 4) is 0 Å². The summed E-state index contributed by atoms with van der Waals surface area (Å²) in [5, 5.41) is 0. The first kappa shape index (κ1) is 16.5. The number of hydrogen-bond donors (Lipinski definition) is 0. The van der Waals surface area contributed by atoms with Crippen LogP contribution in [0.5, 0.6) is 0 Å². The molecule has 1 fully saturated rings. The Morgan fingerprint density at radius 1 is 1.19 bits per heavy atom. The minimum absolute atomic E-state index is 0.0850. The summed E-state index contributed by atoms with van der Waals surface area (Å²) in [5.74, 6) is -0.303. The van der Waals surface area contributed by atoms with Crippen LogP contribution in [0.25, 0.3) is 5.65 Å². The quantitative estimate of drug-likeness (QED) is 0.712. The number of pyridine rings is 1. The highest BCUT2D eigenvalue weighted by Gasteiger charge is 2.27. The number of ether oxygens (including phenoxy) is 1. The van der Waals surface area contributed by atoms with Crippen molar-refractivity contribution in [1.29, 1.82) is 0 Å². The van der Waals surface area contributed by atoms with Crippen molar-refractivity contribution in [2.45, 2.75) is 13.0 Å². The molecule has 1 atom stereocenters. The van der Waals surface area contributed by atoms with Gasteiger partial charge in [0.2, 0.25) is 0 Å². The fourth-order valence-corrected chi connectivity index (χ4v) is 3.20. The first-order chi connectivity index (χ1) is 12.6. The summed E-state index contributed by atoms with van der Waals surface area (Å²) in [7, 11) is 0. The molecule has 1 saturated heterocycles. The van der Waals surface area contributed by atoms with Crippen molar-refractivity contribution < 1.29 is 9.53 Å². The van der Waals surface area contributed by atoms with Crippen LogP contribution in [0, 0.1) is 6.92 Å². The lowest BCUT2D eigenvalue weighted by atomic mass is 10.1. The lowest BCUT2D eigenvalue weighted by molar-refractivity contribution is -0.0229. The Kier molecular flexibility index (Phi) is 4.26. The molecule has 1 amide bonds. The number of amides is 1. The topological polar surface area (TPSA) is 63.9 Å². The minimum atomic E-state index is -0.341. The van der Waals surface area contributed by atoms with Gasteiger partial charge in [0.1, 0.15) is 17.3 Å². The number of rotatable bonds is 2. The Bertz CT molecular complexity index is 1010. The van der Waals surface area contributed by atoms with E-state index < -0.39 is 0 Å². The summed E-state index contributed by atoms with van der Waals surface area (Å²) in [6, 6.07) is 13.4. The van der Waals surface area contributed by atoms with Crippen LogP contribution in [0.1, 0.15) is 27.6 Å². The number of nitrogens with zero attached hydrogens (tertiary/aromatic N) is 3.